The Morgan fingerprint density at radius 1 is 1.35 bits per heavy atom. The van der Waals surface area contributed by atoms with Gasteiger partial charge >= 0.3 is 0 Å². The smallest absolute Gasteiger partial charge is 0.294 e. The largest absolute Gasteiger partial charge is 0.366 e. The number of amides is 1. The summed E-state index contributed by atoms with van der Waals surface area (Å²) in [5, 5.41) is 0. The number of nitrogens with two attached hydrogens (primary N) is 1. The molecule has 0 saturated carbocycles. The minimum atomic E-state index is -4.22. The van der Waals surface area contributed by atoms with E-state index in [-0.39, 0.29) is 4.90 Å². The van der Waals surface area contributed by atoms with E-state index in [1.165, 1.54) is 18.2 Å². The molecule has 0 aliphatic rings. The highest BCUT2D eigenvalue weighted by atomic mass is 32.2. The van der Waals surface area contributed by atoms with Crippen molar-refractivity contribution in [3.8, 4) is 0 Å². The van der Waals surface area contributed by atoms with Crippen LogP contribution in [0.1, 0.15) is 37.3 Å². The summed E-state index contributed by atoms with van der Waals surface area (Å²) in [7, 11) is -4.22. The Hall–Kier alpha value is -1.66. The lowest BCUT2D eigenvalue weighted by Gasteiger charge is -2.08. The number of carbonyl (C=O) groups excluding carboxylic acids is 1. The number of hydrogen-bond donors (Lipinski definition) is 2. The molecule has 3 N–H and O–H groups in total. The van der Waals surface area contributed by atoms with Gasteiger partial charge in [0.1, 0.15) is 0 Å². The standard InChI is InChI=1S/C14H19NO4S/c1-2-3-4-5-12-10-13(20(17,18)19)8-6-11(12)7-9-14(15)16/h6-10H,2-5H2,1H3,(H2,15,16)(H,17,18,19). The van der Waals surface area contributed by atoms with Crippen LogP contribution in [0.15, 0.2) is 29.2 Å². The molecule has 0 aliphatic heterocycles. The van der Waals surface area contributed by atoms with Crippen molar-refractivity contribution in [3.05, 3.63) is 35.4 Å². The van der Waals surface area contributed by atoms with Gasteiger partial charge in [-0.1, -0.05) is 25.8 Å². The Morgan fingerprint density at radius 3 is 2.60 bits per heavy atom. The number of primary amides is 1. The zero-order valence-corrected chi connectivity index (χ0v) is 12.2. The van der Waals surface area contributed by atoms with Crippen LogP contribution in [0.5, 0.6) is 0 Å². The summed E-state index contributed by atoms with van der Waals surface area (Å²) in [5.41, 5.74) is 6.55. The van der Waals surface area contributed by atoms with Gasteiger partial charge in [-0.15, -0.1) is 0 Å². The van der Waals surface area contributed by atoms with Crippen LogP contribution in [0.4, 0.5) is 0 Å². The van der Waals surface area contributed by atoms with Gasteiger partial charge in [0.15, 0.2) is 0 Å². The summed E-state index contributed by atoms with van der Waals surface area (Å²) in [6.07, 6.45) is 6.43. The maximum absolute atomic E-state index is 11.2. The zero-order valence-electron chi connectivity index (χ0n) is 11.4. The summed E-state index contributed by atoms with van der Waals surface area (Å²) in [5.74, 6) is -0.566. The number of benzene rings is 1. The summed E-state index contributed by atoms with van der Waals surface area (Å²) < 4.78 is 31.4. The van der Waals surface area contributed by atoms with E-state index >= 15 is 0 Å². The van der Waals surface area contributed by atoms with E-state index in [1.54, 1.807) is 12.1 Å². The Kier molecular flexibility index (Phi) is 5.91. The molecule has 110 valence electrons. The molecule has 0 fully saturated rings. The SMILES string of the molecule is CCCCCc1cc(S(=O)(=O)O)ccc1C=CC(N)=O. The van der Waals surface area contributed by atoms with E-state index < -0.39 is 16.0 Å². The van der Waals surface area contributed by atoms with E-state index in [0.717, 1.165) is 30.4 Å². The van der Waals surface area contributed by atoms with Crippen LogP contribution in [-0.4, -0.2) is 18.9 Å². The first kappa shape index (κ1) is 16.4. The van der Waals surface area contributed by atoms with Crippen molar-refractivity contribution in [2.75, 3.05) is 0 Å². The summed E-state index contributed by atoms with van der Waals surface area (Å²) in [6, 6.07) is 4.30. The third-order valence-electron chi connectivity index (χ3n) is 2.89. The quantitative estimate of drug-likeness (QED) is 0.458. The van der Waals surface area contributed by atoms with Crippen molar-refractivity contribution in [1.29, 1.82) is 0 Å². The summed E-state index contributed by atoms with van der Waals surface area (Å²) in [6.45, 7) is 2.07. The summed E-state index contributed by atoms with van der Waals surface area (Å²) in [4.78, 5) is 10.6. The molecule has 0 bridgehead atoms. The Bertz CT molecular complexity index is 606. The maximum Gasteiger partial charge on any atom is 0.294 e. The number of aryl methyl sites for hydroxylation is 1. The molecule has 20 heavy (non-hydrogen) atoms. The van der Waals surface area contributed by atoms with Crippen LogP contribution in [0, 0.1) is 0 Å². The van der Waals surface area contributed by atoms with Crippen molar-refractivity contribution in [2.45, 2.75) is 37.5 Å². The van der Waals surface area contributed by atoms with Crippen LogP contribution in [-0.2, 0) is 21.3 Å². The second-order valence-corrected chi connectivity index (χ2v) is 5.95. The first-order valence-corrected chi connectivity index (χ1v) is 7.86. The zero-order chi connectivity index (χ0) is 15.2. The second-order valence-electron chi connectivity index (χ2n) is 4.53. The van der Waals surface area contributed by atoms with Gasteiger partial charge in [-0.3, -0.25) is 9.35 Å². The van der Waals surface area contributed by atoms with Crippen molar-refractivity contribution in [1.82, 2.24) is 0 Å². The molecule has 5 nitrogen and oxygen atoms in total. The number of hydrogen-bond acceptors (Lipinski definition) is 3. The average molecular weight is 297 g/mol. The molecule has 0 aromatic heterocycles. The second kappa shape index (κ2) is 7.21. The van der Waals surface area contributed by atoms with Crippen molar-refractivity contribution in [2.24, 2.45) is 5.73 Å². The lowest BCUT2D eigenvalue weighted by atomic mass is 10.0. The molecule has 1 rings (SSSR count). The van der Waals surface area contributed by atoms with Gasteiger partial charge in [-0.05, 0) is 42.2 Å². The van der Waals surface area contributed by atoms with Crippen molar-refractivity contribution >= 4 is 22.1 Å². The van der Waals surface area contributed by atoms with Crippen LogP contribution in [0.25, 0.3) is 6.08 Å². The number of unbranched alkanes of at least 4 members (excludes halogenated alkanes) is 2. The minimum absolute atomic E-state index is 0.139. The fraction of sp³-hybridized carbons (Fsp3) is 0.357. The first-order valence-electron chi connectivity index (χ1n) is 6.42. The van der Waals surface area contributed by atoms with E-state index in [0.29, 0.717) is 6.42 Å². The summed E-state index contributed by atoms with van der Waals surface area (Å²) >= 11 is 0. The molecule has 1 amide bonds. The van der Waals surface area contributed by atoms with Crippen LogP contribution >= 0.6 is 0 Å². The molecule has 0 atom stereocenters. The molecule has 1 aromatic carbocycles. The molecule has 1 aromatic rings. The fourth-order valence-electron chi connectivity index (χ4n) is 1.86. The van der Waals surface area contributed by atoms with Gasteiger partial charge in [0.25, 0.3) is 10.1 Å². The lowest BCUT2D eigenvalue weighted by Crippen LogP contribution is -2.05. The van der Waals surface area contributed by atoms with Crippen LogP contribution in [0.2, 0.25) is 0 Å². The van der Waals surface area contributed by atoms with E-state index in [4.69, 9.17) is 10.3 Å². The molecule has 0 heterocycles. The topological polar surface area (TPSA) is 97.5 Å². The molecule has 0 radical (unpaired) electrons. The number of carbonyl (C=O) groups is 1. The Balaban J connectivity index is 3.12. The molecule has 0 saturated heterocycles. The van der Waals surface area contributed by atoms with E-state index in [9.17, 15) is 13.2 Å². The average Bonchev–Trinajstić information content (AvgIpc) is 2.36. The lowest BCUT2D eigenvalue weighted by molar-refractivity contribution is -0.113. The molecule has 6 heteroatoms. The third-order valence-corrected chi connectivity index (χ3v) is 3.74. The normalized spacial score (nSPS) is 11.9. The van der Waals surface area contributed by atoms with Crippen LogP contribution < -0.4 is 5.73 Å². The third kappa shape index (κ3) is 5.14. The predicted octanol–water partition coefficient (Wildman–Crippen LogP) is 2.16. The highest BCUT2D eigenvalue weighted by Crippen LogP contribution is 2.19. The highest BCUT2D eigenvalue weighted by Gasteiger charge is 2.11. The Morgan fingerprint density at radius 2 is 2.05 bits per heavy atom. The molecule has 0 spiro atoms. The van der Waals surface area contributed by atoms with Crippen molar-refractivity contribution in [3.63, 3.8) is 0 Å². The molecule has 0 unspecified atom stereocenters. The van der Waals surface area contributed by atoms with Crippen LogP contribution in [0.3, 0.4) is 0 Å². The molecular formula is C14H19NO4S. The predicted molar refractivity (Wildman–Crippen MR) is 77.7 cm³/mol. The van der Waals surface area contributed by atoms with Gasteiger partial charge in [-0.25, -0.2) is 0 Å². The highest BCUT2D eigenvalue weighted by molar-refractivity contribution is 7.85. The van der Waals surface area contributed by atoms with Crippen molar-refractivity contribution < 1.29 is 17.8 Å². The Labute approximate surface area is 119 Å². The van der Waals surface area contributed by atoms with Gasteiger partial charge in [0.05, 0.1) is 4.90 Å². The van der Waals surface area contributed by atoms with Gasteiger partial charge in [0, 0.05) is 6.08 Å². The number of rotatable bonds is 7. The molecular weight excluding hydrogens is 278 g/mol. The van der Waals surface area contributed by atoms with E-state index in [2.05, 4.69) is 6.92 Å². The van der Waals surface area contributed by atoms with E-state index in [1.807, 2.05) is 0 Å². The fourth-order valence-corrected chi connectivity index (χ4v) is 2.39. The first-order chi connectivity index (χ1) is 9.34. The maximum atomic E-state index is 11.2. The van der Waals surface area contributed by atoms with Gasteiger partial charge < -0.3 is 5.73 Å². The van der Waals surface area contributed by atoms with Gasteiger partial charge in [-0.2, -0.15) is 8.42 Å². The monoisotopic (exact) mass is 297 g/mol. The van der Waals surface area contributed by atoms with Gasteiger partial charge in [0.2, 0.25) is 5.91 Å². The minimum Gasteiger partial charge on any atom is -0.366 e. The molecule has 0 aliphatic carbocycles.